The summed E-state index contributed by atoms with van der Waals surface area (Å²) in [6.45, 7) is 2.24. The van der Waals surface area contributed by atoms with Gasteiger partial charge in [0.15, 0.2) is 6.61 Å². The summed E-state index contributed by atoms with van der Waals surface area (Å²) in [4.78, 5) is 17.1. The normalized spacial score (nSPS) is 10.9. The molecule has 1 aromatic heterocycles. The van der Waals surface area contributed by atoms with Gasteiger partial charge in [0.05, 0.1) is 12.1 Å². The number of aliphatic hydroxyl groups is 1. The van der Waals surface area contributed by atoms with E-state index < -0.39 is 0 Å². The van der Waals surface area contributed by atoms with Crippen LogP contribution < -0.4 is 15.8 Å². The molecule has 0 aliphatic carbocycles. The van der Waals surface area contributed by atoms with E-state index in [1.807, 2.05) is 73.7 Å². The molecule has 0 aliphatic heterocycles. The third-order valence-electron chi connectivity index (χ3n) is 5.42. The summed E-state index contributed by atoms with van der Waals surface area (Å²) in [5.41, 5.74) is 12.1. The maximum atomic E-state index is 12.4. The molecule has 33 heavy (non-hydrogen) atoms. The fraction of sp³-hybridized carbons (Fsp3) is 0.185. The summed E-state index contributed by atoms with van der Waals surface area (Å²) in [6.07, 6.45) is 0.657. The Morgan fingerprint density at radius 3 is 2.61 bits per heavy atom. The lowest BCUT2D eigenvalue weighted by Gasteiger charge is -2.12. The van der Waals surface area contributed by atoms with Crippen LogP contribution in [0.1, 0.15) is 27.9 Å². The van der Waals surface area contributed by atoms with Gasteiger partial charge in [-0.2, -0.15) is 0 Å². The Bertz CT molecular complexity index is 1290. The highest BCUT2D eigenvalue weighted by Gasteiger charge is 2.10. The quantitative estimate of drug-likeness (QED) is 0.382. The molecule has 4 N–H and O–H groups in total. The summed E-state index contributed by atoms with van der Waals surface area (Å²) < 4.78 is 5.59. The van der Waals surface area contributed by atoms with Crippen molar-refractivity contribution >= 4 is 22.5 Å². The number of aromatic nitrogens is 1. The topological polar surface area (TPSA) is 97.5 Å². The molecule has 3 aromatic carbocycles. The van der Waals surface area contributed by atoms with E-state index in [1.165, 1.54) is 0 Å². The highest BCUT2D eigenvalue weighted by atomic mass is 16.5. The Labute approximate surface area is 193 Å². The minimum atomic E-state index is -0.236. The third kappa shape index (κ3) is 5.55. The monoisotopic (exact) mass is 441 g/mol. The van der Waals surface area contributed by atoms with Crippen LogP contribution in [0.2, 0.25) is 0 Å². The fourth-order valence-electron chi connectivity index (χ4n) is 3.88. The zero-order valence-corrected chi connectivity index (χ0v) is 18.5. The molecule has 0 saturated heterocycles. The number of para-hydroxylation sites is 1. The lowest BCUT2D eigenvalue weighted by molar-refractivity contribution is -0.118. The van der Waals surface area contributed by atoms with Gasteiger partial charge in [-0.3, -0.25) is 9.78 Å². The third-order valence-corrected chi connectivity index (χ3v) is 5.42. The molecular formula is C27H27N3O3. The molecule has 1 amide bonds. The molecule has 6 heteroatoms. The molecule has 1 heterocycles. The molecule has 4 rings (SSSR count). The van der Waals surface area contributed by atoms with Crippen LogP contribution in [0, 0.1) is 6.92 Å². The molecule has 4 aromatic rings. The van der Waals surface area contributed by atoms with Crippen LogP contribution in [0.5, 0.6) is 5.75 Å². The Morgan fingerprint density at radius 2 is 1.79 bits per heavy atom. The van der Waals surface area contributed by atoms with E-state index in [4.69, 9.17) is 15.5 Å². The lowest BCUT2D eigenvalue weighted by atomic mass is 9.99. The SMILES string of the molecule is Cc1cc(CO)c2cccc(Cc3cccc(NC(=O)COc4cccc(CN)c4)c3)c2n1. The molecule has 0 unspecified atom stereocenters. The number of anilines is 1. The number of nitrogens with two attached hydrogens (primary N) is 1. The van der Waals surface area contributed by atoms with Crippen LogP contribution in [-0.2, 0) is 24.4 Å². The molecule has 168 valence electrons. The van der Waals surface area contributed by atoms with Crippen LogP contribution in [0.15, 0.2) is 72.8 Å². The first-order chi connectivity index (χ1) is 16.1. The molecular weight excluding hydrogens is 414 g/mol. The smallest absolute Gasteiger partial charge is 0.262 e. The number of aliphatic hydroxyl groups excluding tert-OH is 1. The van der Waals surface area contributed by atoms with Gasteiger partial charge in [-0.05, 0) is 65.9 Å². The number of nitrogens with zero attached hydrogens (tertiary/aromatic N) is 1. The second kappa shape index (κ2) is 10.3. The van der Waals surface area contributed by atoms with Gasteiger partial charge in [0, 0.05) is 23.3 Å². The zero-order chi connectivity index (χ0) is 23.2. The summed E-state index contributed by atoms with van der Waals surface area (Å²) in [6, 6.07) is 23.1. The van der Waals surface area contributed by atoms with E-state index in [2.05, 4.69) is 5.32 Å². The van der Waals surface area contributed by atoms with E-state index in [0.717, 1.165) is 38.9 Å². The van der Waals surface area contributed by atoms with Crippen molar-refractivity contribution in [3.63, 3.8) is 0 Å². The number of ether oxygens (including phenoxy) is 1. The summed E-state index contributed by atoms with van der Waals surface area (Å²) >= 11 is 0. The first kappa shape index (κ1) is 22.5. The molecule has 6 nitrogen and oxygen atoms in total. The zero-order valence-electron chi connectivity index (χ0n) is 18.5. The Balaban J connectivity index is 1.46. The van der Waals surface area contributed by atoms with Gasteiger partial charge >= 0.3 is 0 Å². The van der Waals surface area contributed by atoms with Gasteiger partial charge in [0.25, 0.3) is 5.91 Å². The van der Waals surface area contributed by atoms with E-state index in [-0.39, 0.29) is 19.1 Å². The average molecular weight is 442 g/mol. The van der Waals surface area contributed by atoms with Gasteiger partial charge in [-0.15, -0.1) is 0 Å². The molecule has 0 saturated carbocycles. The standard InChI is InChI=1S/C27H27N3O3/c1-18-11-22(16-31)25-10-4-7-21(27(25)29-18)12-19-5-2-8-23(13-19)30-26(32)17-33-24-9-3-6-20(14-24)15-28/h2-11,13-14,31H,12,15-17,28H2,1H3,(H,30,32). The number of carbonyl (C=O) groups is 1. The first-order valence-electron chi connectivity index (χ1n) is 10.9. The molecule has 0 spiro atoms. The maximum Gasteiger partial charge on any atom is 0.262 e. The van der Waals surface area contributed by atoms with Gasteiger partial charge < -0.3 is 20.9 Å². The minimum absolute atomic E-state index is 0.0244. The molecule has 0 bridgehead atoms. The predicted octanol–water partition coefficient (Wildman–Crippen LogP) is 4.10. The van der Waals surface area contributed by atoms with Gasteiger partial charge in [0.1, 0.15) is 5.75 Å². The summed E-state index contributed by atoms with van der Waals surface area (Å²) in [7, 11) is 0. The van der Waals surface area contributed by atoms with E-state index in [0.29, 0.717) is 24.4 Å². The van der Waals surface area contributed by atoms with Gasteiger partial charge in [0.2, 0.25) is 0 Å². The number of hydrogen-bond acceptors (Lipinski definition) is 5. The van der Waals surface area contributed by atoms with E-state index in [1.54, 1.807) is 6.07 Å². The first-order valence-corrected chi connectivity index (χ1v) is 10.9. The number of nitrogens with one attached hydrogen (secondary N) is 1. The second-order valence-electron chi connectivity index (χ2n) is 7.96. The van der Waals surface area contributed by atoms with Crippen molar-refractivity contribution in [1.82, 2.24) is 4.98 Å². The molecule has 0 radical (unpaired) electrons. The number of fused-ring (bicyclic) bond motifs is 1. The summed E-state index contributed by atoms with van der Waals surface area (Å²) in [5, 5.41) is 13.6. The molecule has 0 atom stereocenters. The number of benzene rings is 3. The Kier molecular flexibility index (Phi) is 6.98. The Morgan fingerprint density at radius 1 is 1.00 bits per heavy atom. The van der Waals surface area contributed by atoms with Crippen LogP contribution in [0.3, 0.4) is 0 Å². The van der Waals surface area contributed by atoms with Crippen molar-refractivity contribution in [2.24, 2.45) is 5.73 Å². The van der Waals surface area contributed by atoms with Crippen LogP contribution in [-0.4, -0.2) is 22.6 Å². The number of aryl methyl sites for hydroxylation is 1. The van der Waals surface area contributed by atoms with E-state index >= 15 is 0 Å². The lowest BCUT2D eigenvalue weighted by Crippen LogP contribution is -2.20. The van der Waals surface area contributed by atoms with Gasteiger partial charge in [-0.1, -0.05) is 42.5 Å². The maximum absolute atomic E-state index is 12.4. The number of hydrogen-bond donors (Lipinski definition) is 3. The fourth-order valence-corrected chi connectivity index (χ4v) is 3.88. The van der Waals surface area contributed by atoms with Crippen LogP contribution in [0.25, 0.3) is 10.9 Å². The average Bonchev–Trinajstić information content (AvgIpc) is 2.83. The second-order valence-corrected chi connectivity index (χ2v) is 7.96. The highest BCUT2D eigenvalue weighted by Crippen LogP contribution is 2.25. The largest absolute Gasteiger partial charge is 0.484 e. The molecule has 0 aliphatic rings. The van der Waals surface area contributed by atoms with E-state index in [9.17, 15) is 9.90 Å². The van der Waals surface area contributed by atoms with Crippen molar-refractivity contribution < 1.29 is 14.6 Å². The van der Waals surface area contributed by atoms with Crippen molar-refractivity contribution in [2.75, 3.05) is 11.9 Å². The van der Waals surface area contributed by atoms with Crippen molar-refractivity contribution in [3.8, 4) is 5.75 Å². The van der Waals surface area contributed by atoms with Crippen LogP contribution >= 0.6 is 0 Å². The van der Waals surface area contributed by atoms with Crippen molar-refractivity contribution in [3.05, 3.63) is 101 Å². The van der Waals surface area contributed by atoms with Crippen molar-refractivity contribution in [1.29, 1.82) is 0 Å². The highest BCUT2D eigenvalue weighted by molar-refractivity contribution is 5.92. The summed E-state index contributed by atoms with van der Waals surface area (Å²) in [5.74, 6) is 0.378. The van der Waals surface area contributed by atoms with Crippen LogP contribution in [0.4, 0.5) is 5.69 Å². The number of amides is 1. The number of rotatable bonds is 8. The molecule has 0 fully saturated rings. The predicted molar refractivity (Wildman–Crippen MR) is 130 cm³/mol. The number of carbonyl (C=O) groups excluding carboxylic acids is 1. The Hall–Kier alpha value is -3.74. The van der Waals surface area contributed by atoms with Gasteiger partial charge in [-0.25, -0.2) is 0 Å². The van der Waals surface area contributed by atoms with Crippen molar-refractivity contribution in [2.45, 2.75) is 26.5 Å². The minimum Gasteiger partial charge on any atom is -0.484 e. The number of pyridine rings is 1.